The van der Waals surface area contributed by atoms with E-state index in [4.69, 9.17) is 23.8 Å². The molecule has 0 spiro atoms. The largest absolute Gasteiger partial charge is 0.456 e. The lowest BCUT2D eigenvalue weighted by Gasteiger charge is -2.13. The fraction of sp³-hybridized carbons (Fsp3) is 0.0351. The van der Waals surface area contributed by atoms with Gasteiger partial charge >= 0.3 is 0 Å². The molecule has 0 aliphatic heterocycles. The number of nitrogens with zero attached hydrogens (tertiary/aromatic N) is 4. The Morgan fingerprint density at radius 1 is 0.381 bits per heavy atom. The van der Waals surface area contributed by atoms with Gasteiger partial charge in [0.2, 0.25) is 5.95 Å². The Hall–Kier alpha value is -8.35. The lowest BCUT2D eigenvalue weighted by molar-refractivity contribution is 0.669. The molecule has 4 heterocycles. The average Bonchev–Trinajstić information content (AvgIpc) is 4.05. The summed E-state index contributed by atoms with van der Waals surface area (Å²) < 4.78 is 15.6. The number of aromatic nitrogens is 4. The van der Waals surface area contributed by atoms with Gasteiger partial charge in [-0.15, -0.1) is 0 Å². The van der Waals surface area contributed by atoms with Gasteiger partial charge in [0.15, 0.2) is 11.6 Å². The van der Waals surface area contributed by atoms with E-state index in [9.17, 15) is 0 Å². The molecule has 4 aromatic heterocycles. The molecule has 6 heteroatoms. The second kappa shape index (κ2) is 14.7. The van der Waals surface area contributed by atoms with Crippen molar-refractivity contribution in [3.63, 3.8) is 0 Å². The predicted molar refractivity (Wildman–Crippen MR) is 259 cm³/mol. The van der Waals surface area contributed by atoms with Gasteiger partial charge in [-0.2, -0.15) is 9.97 Å². The molecule has 9 aromatic carbocycles. The SMILES string of the molecule is CC.c1ccc(-c2nc(-c3ccc4c(c3)oc3ccccc34)nc(-n3c4ccc5ccccc5c4c4cccc(-c5cccc6c5oc5c(-c7ccccc7)cccc56)c43)n2)cc1. The molecular weight excluding hydrogens is 773 g/mol. The van der Waals surface area contributed by atoms with Gasteiger partial charge in [0.1, 0.15) is 22.3 Å². The van der Waals surface area contributed by atoms with E-state index in [0.29, 0.717) is 17.6 Å². The van der Waals surface area contributed by atoms with Crippen molar-refractivity contribution in [2.24, 2.45) is 0 Å². The van der Waals surface area contributed by atoms with E-state index in [-0.39, 0.29) is 0 Å². The third kappa shape index (κ3) is 5.76. The first-order chi connectivity index (χ1) is 31.2. The number of rotatable bonds is 5. The van der Waals surface area contributed by atoms with E-state index in [1.165, 1.54) is 0 Å². The van der Waals surface area contributed by atoms with Crippen LogP contribution in [0.5, 0.6) is 0 Å². The minimum atomic E-state index is 0.513. The molecule has 0 saturated carbocycles. The van der Waals surface area contributed by atoms with Gasteiger partial charge in [0.25, 0.3) is 0 Å². The summed E-state index contributed by atoms with van der Waals surface area (Å²) in [6, 6.07) is 67.3. The Kier molecular flexibility index (Phi) is 8.50. The molecule has 6 nitrogen and oxygen atoms in total. The molecule has 13 aromatic rings. The van der Waals surface area contributed by atoms with Crippen LogP contribution in [-0.4, -0.2) is 19.5 Å². The van der Waals surface area contributed by atoms with E-state index in [1.54, 1.807) is 0 Å². The molecule has 0 N–H and O–H groups in total. The topological polar surface area (TPSA) is 69.9 Å². The highest BCUT2D eigenvalue weighted by molar-refractivity contribution is 6.24. The number of furan rings is 2. The molecule has 63 heavy (non-hydrogen) atoms. The second-order valence-corrected chi connectivity index (χ2v) is 15.5. The van der Waals surface area contributed by atoms with Crippen molar-refractivity contribution in [3.05, 3.63) is 194 Å². The van der Waals surface area contributed by atoms with E-state index in [0.717, 1.165) is 110 Å². The zero-order valence-corrected chi connectivity index (χ0v) is 34.6. The van der Waals surface area contributed by atoms with Gasteiger partial charge in [0.05, 0.1) is 11.0 Å². The Morgan fingerprint density at radius 2 is 0.968 bits per heavy atom. The number of benzene rings is 9. The molecule has 298 valence electrons. The summed E-state index contributed by atoms with van der Waals surface area (Å²) in [5.41, 5.74) is 11.2. The summed E-state index contributed by atoms with van der Waals surface area (Å²) in [6.45, 7) is 4.00. The van der Waals surface area contributed by atoms with Crippen LogP contribution in [0.4, 0.5) is 0 Å². The van der Waals surface area contributed by atoms with Crippen molar-refractivity contribution >= 4 is 76.5 Å². The Bertz CT molecular complexity index is 3880. The fourth-order valence-corrected chi connectivity index (χ4v) is 9.31. The van der Waals surface area contributed by atoms with Crippen LogP contribution in [0.3, 0.4) is 0 Å². The van der Waals surface area contributed by atoms with Gasteiger partial charge < -0.3 is 8.83 Å². The van der Waals surface area contributed by atoms with Crippen LogP contribution in [-0.2, 0) is 0 Å². The third-order valence-corrected chi connectivity index (χ3v) is 12.1. The lowest BCUT2D eigenvalue weighted by atomic mass is 9.98. The lowest BCUT2D eigenvalue weighted by Crippen LogP contribution is -2.07. The molecule has 0 unspecified atom stereocenters. The van der Waals surface area contributed by atoms with E-state index >= 15 is 0 Å². The monoisotopic (exact) mass is 810 g/mol. The quantitative estimate of drug-likeness (QED) is 0.173. The average molecular weight is 811 g/mol. The standard InChI is InChI=1S/C55H32N4O2.C2H6/c1-3-14-33(15-4-1)38-21-11-24-43-44-25-13-23-42(52(44)61-51(38)43)41-22-12-26-45-49-37-19-8-7-16-34(37)29-31-46(49)59(50(41)45)55-57-53(35-17-5-2-6-18-35)56-54(58-55)36-28-30-40-39-20-9-10-27-47(39)60-48(40)32-36;1-2/h1-32H;1-2H3. The van der Waals surface area contributed by atoms with Crippen LogP contribution in [0.1, 0.15) is 13.8 Å². The maximum atomic E-state index is 7.01. The summed E-state index contributed by atoms with van der Waals surface area (Å²) in [7, 11) is 0. The van der Waals surface area contributed by atoms with Crippen LogP contribution in [0.25, 0.3) is 127 Å². The highest BCUT2D eigenvalue weighted by Gasteiger charge is 2.24. The third-order valence-electron chi connectivity index (χ3n) is 12.1. The van der Waals surface area contributed by atoms with Crippen LogP contribution < -0.4 is 0 Å². The maximum Gasteiger partial charge on any atom is 0.238 e. The molecule has 0 radical (unpaired) electrons. The minimum Gasteiger partial charge on any atom is -0.456 e. The maximum absolute atomic E-state index is 7.01. The first kappa shape index (κ1) is 36.5. The van der Waals surface area contributed by atoms with E-state index in [1.807, 2.05) is 74.5 Å². The van der Waals surface area contributed by atoms with Crippen LogP contribution in [0.15, 0.2) is 203 Å². The number of hydrogen-bond acceptors (Lipinski definition) is 5. The van der Waals surface area contributed by atoms with E-state index in [2.05, 4.69) is 138 Å². The summed E-state index contributed by atoms with van der Waals surface area (Å²) in [4.78, 5) is 15.8. The molecule has 0 saturated heterocycles. The number of para-hydroxylation sites is 4. The highest BCUT2D eigenvalue weighted by atomic mass is 16.3. The normalized spacial score (nSPS) is 11.7. The zero-order chi connectivity index (χ0) is 42.0. The summed E-state index contributed by atoms with van der Waals surface area (Å²) in [6.07, 6.45) is 0. The predicted octanol–water partition coefficient (Wildman–Crippen LogP) is 15.6. The van der Waals surface area contributed by atoms with Gasteiger partial charge in [-0.3, -0.25) is 4.57 Å². The fourth-order valence-electron chi connectivity index (χ4n) is 9.31. The van der Waals surface area contributed by atoms with Crippen LogP contribution in [0.2, 0.25) is 0 Å². The molecule has 0 fully saturated rings. The Balaban J connectivity index is 0.00000208. The second-order valence-electron chi connectivity index (χ2n) is 15.5. The van der Waals surface area contributed by atoms with Crippen LogP contribution >= 0.6 is 0 Å². The van der Waals surface area contributed by atoms with E-state index < -0.39 is 0 Å². The number of fused-ring (bicyclic) bond motifs is 11. The van der Waals surface area contributed by atoms with Crippen molar-refractivity contribution in [2.75, 3.05) is 0 Å². The summed E-state index contributed by atoms with van der Waals surface area (Å²) >= 11 is 0. The molecule has 0 bridgehead atoms. The molecule has 0 aliphatic rings. The highest BCUT2D eigenvalue weighted by Crippen LogP contribution is 2.45. The number of hydrogen-bond donors (Lipinski definition) is 0. The summed E-state index contributed by atoms with van der Waals surface area (Å²) in [5.74, 6) is 1.64. The first-order valence-corrected chi connectivity index (χ1v) is 21.4. The molecular formula is C57H38N4O2. The zero-order valence-electron chi connectivity index (χ0n) is 34.6. The first-order valence-electron chi connectivity index (χ1n) is 21.4. The molecule has 0 aliphatic carbocycles. The van der Waals surface area contributed by atoms with Crippen LogP contribution in [0, 0.1) is 0 Å². The van der Waals surface area contributed by atoms with Crippen molar-refractivity contribution in [1.82, 2.24) is 19.5 Å². The van der Waals surface area contributed by atoms with Crippen molar-refractivity contribution in [3.8, 4) is 51.0 Å². The molecule has 0 amide bonds. The van der Waals surface area contributed by atoms with Gasteiger partial charge in [-0.25, -0.2) is 4.98 Å². The Labute approximate surface area is 362 Å². The van der Waals surface area contributed by atoms with Crippen molar-refractivity contribution < 1.29 is 8.83 Å². The van der Waals surface area contributed by atoms with Crippen molar-refractivity contribution in [2.45, 2.75) is 13.8 Å². The molecule has 13 rings (SSSR count). The summed E-state index contributed by atoms with van der Waals surface area (Å²) in [5, 5.41) is 8.80. The van der Waals surface area contributed by atoms with Gasteiger partial charge in [-0.05, 0) is 40.6 Å². The van der Waals surface area contributed by atoms with Gasteiger partial charge in [-0.1, -0.05) is 184 Å². The minimum absolute atomic E-state index is 0.513. The molecule has 0 atom stereocenters. The van der Waals surface area contributed by atoms with Crippen molar-refractivity contribution in [1.29, 1.82) is 0 Å². The van der Waals surface area contributed by atoms with Gasteiger partial charge in [0, 0.05) is 60.1 Å². The smallest absolute Gasteiger partial charge is 0.238 e. The Morgan fingerprint density at radius 3 is 1.75 bits per heavy atom.